The number of benzene rings is 3. The van der Waals surface area contributed by atoms with Crippen LogP contribution in [-0.4, -0.2) is 49.1 Å². The van der Waals surface area contributed by atoms with Gasteiger partial charge in [-0.25, -0.2) is 0 Å². The second kappa shape index (κ2) is 10.9. The van der Waals surface area contributed by atoms with Crippen molar-refractivity contribution in [3.63, 3.8) is 0 Å². The van der Waals surface area contributed by atoms with Gasteiger partial charge in [0.2, 0.25) is 5.91 Å². The molecule has 3 heterocycles. The maximum atomic E-state index is 13.3. The summed E-state index contributed by atoms with van der Waals surface area (Å²) in [4.78, 5) is 38.7. The highest BCUT2D eigenvalue weighted by Gasteiger charge is 2.27. The normalized spacial score (nSPS) is 14.0. The Morgan fingerprint density at radius 3 is 2.49 bits per heavy atom. The number of hydrogen-bond donors (Lipinski definition) is 1. The van der Waals surface area contributed by atoms with Crippen LogP contribution in [0.4, 0.5) is 11.4 Å². The summed E-state index contributed by atoms with van der Waals surface area (Å²) in [5, 5.41) is 20.4. The number of nitro benzene ring substituents is 1. The van der Waals surface area contributed by atoms with Crippen LogP contribution < -0.4 is 5.32 Å². The number of aryl methyl sites for hydroxylation is 1. The molecule has 0 saturated carbocycles. The van der Waals surface area contributed by atoms with Crippen molar-refractivity contribution in [1.29, 1.82) is 0 Å². The fraction of sp³-hybridized carbons (Fsp3) is 0.258. The number of rotatable bonds is 7. The van der Waals surface area contributed by atoms with E-state index in [2.05, 4.69) is 10.4 Å². The molecule has 1 aliphatic rings. The van der Waals surface area contributed by atoms with Crippen LogP contribution in [0, 0.1) is 10.1 Å². The van der Waals surface area contributed by atoms with Crippen LogP contribution in [0.25, 0.3) is 21.8 Å². The van der Waals surface area contributed by atoms with Crippen molar-refractivity contribution in [3.8, 4) is 0 Å². The first-order chi connectivity index (χ1) is 19.9. The molecular weight excluding hydrogens is 520 g/mol. The minimum absolute atomic E-state index is 0.00981. The van der Waals surface area contributed by atoms with Gasteiger partial charge in [-0.05, 0) is 61.6 Å². The van der Waals surface area contributed by atoms with E-state index in [0.29, 0.717) is 42.5 Å². The number of hydrogen-bond acceptors (Lipinski definition) is 5. The molecule has 1 aliphatic heterocycles. The van der Waals surface area contributed by atoms with Crippen molar-refractivity contribution < 1.29 is 14.5 Å². The van der Waals surface area contributed by atoms with E-state index in [1.807, 2.05) is 71.1 Å². The van der Waals surface area contributed by atoms with Gasteiger partial charge in [-0.3, -0.25) is 24.4 Å². The molecule has 1 fully saturated rings. The smallest absolute Gasteiger partial charge is 0.275 e. The van der Waals surface area contributed by atoms with Gasteiger partial charge in [0.1, 0.15) is 6.54 Å². The lowest BCUT2D eigenvalue weighted by atomic mass is 9.89. The van der Waals surface area contributed by atoms with E-state index in [1.165, 1.54) is 17.7 Å². The van der Waals surface area contributed by atoms with Gasteiger partial charge in [-0.2, -0.15) is 5.10 Å². The highest BCUT2D eigenvalue weighted by Crippen LogP contribution is 2.30. The van der Waals surface area contributed by atoms with E-state index in [-0.39, 0.29) is 24.0 Å². The quantitative estimate of drug-likeness (QED) is 0.210. The summed E-state index contributed by atoms with van der Waals surface area (Å²) < 4.78 is 3.58. The average Bonchev–Trinajstić information content (AvgIpc) is 3.58. The van der Waals surface area contributed by atoms with Crippen LogP contribution in [0.3, 0.4) is 0 Å². The summed E-state index contributed by atoms with van der Waals surface area (Å²) in [6, 6.07) is 22.2. The maximum Gasteiger partial charge on any atom is 0.275 e. The molecule has 10 nitrogen and oxygen atoms in total. The van der Waals surface area contributed by atoms with E-state index < -0.39 is 4.92 Å². The fourth-order valence-electron chi connectivity index (χ4n) is 5.71. The summed E-state index contributed by atoms with van der Waals surface area (Å²) in [6.45, 7) is 4.11. The van der Waals surface area contributed by atoms with Gasteiger partial charge in [0.15, 0.2) is 5.69 Å². The minimum Gasteiger partial charge on any atom is -0.338 e. The Hall–Kier alpha value is -4.99. The lowest BCUT2D eigenvalue weighted by molar-refractivity contribution is -0.384. The molecule has 6 rings (SSSR count). The van der Waals surface area contributed by atoms with Crippen LogP contribution in [-0.2, 0) is 17.9 Å². The van der Waals surface area contributed by atoms with Crippen molar-refractivity contribution in [1.82, 2.24) is 19.2 Å². The Balaban J connectivity index is 1.06. The van der Waals surface area contributed by atoms with E-state index in [1.54, 1.807) is 16.8 Å². The van der Waals surface area contributed by atoms with Gasteiger partial charge in [0.05, 0.1) is 16.0 Å². The van der Waals surface area contributed by atoms with Gasteiger partial charge in [-0.1, -0.05) is 30.3 Å². The molecule has 0 unspecified atom stereocenters. The number of amides is 2. The molecule has 208 valence electrons. The second-order valence-corrected chi connectivity index (χ2v) is 10.4. The molecule has 0 radical (unpaired) electrons. The van der Waals surface area contributed by atoms with E-state index in [9.17, 15) is 19.7 Å². The Labute approximate surface area is 236 Å². The lowest BCUT2D eigenvalue weighted by Gasteiger charge is -2.32. The molecule has 0 spiro atoms. The SMILES string of the molecule is CCn1nc(C(=O)N2CCC(c3ccc(NC(=O)Cn4ccc5ccc([N+](=O)[O-])cc54)cc3)CC2)c2ccccc21. The molecule has 5 aromatic rings. The monoisotopic (exact) mass is 550 g/mol. The molecule has 1 saturated heterocycles. The van der Waals surface area contributed by atoms with Crippen LogP contribution in [0.15, 0.2) is 79.0 Å². The summed E-state index contributed by atoms with van der Waals surface area (Å²) >= 11 is 0. The average molecular weight is 551 g/mol. The lowest BCUT2D eigenvalue weighted by Crippen LogP contribution is -2.38. The number of carbonyl (C=O) groups is 2. The van der Waals surface area contributed by atoms with Crippen LogP contribution in [0.2, 0.25) is 0 Å². The number of fused-ring (bicyclic) bond motifs is 2. The largest absolute Gasteiger partial charge is 0.338 e. The van der Waals surface area contributed by atoms with E-state index in [0.717, 1.165) is 29.1 Å². The summed E-state index contributed by atoms with van der Waals surface area (Å²) in [5.41, 5.74) is 4.00. The molecule has 1 N–H and O–H groups in total. The van der Waals surface area contributed by atoms with Gasteiger partial charge in [0.25, 0.3) is 11.6 Å². The fourth-order valence-corrected chi connectivity index (χ4v) is 5.71. The standard InChI is InChI=1S/C31H30N6O4/c1-2-36-27-6-4-3-5-26(27)30(33-36)31(39)34-16-13-22(14-17-34)21-7-10-24(11-8-21)32-29(38)20-35-18-15-23-9-12-25(37(40)41)19-28(23)35/h3-12,15,18-19,22H,2,13-14,16-17,20H2,1H3,(H,32,38). The molecule has 2 amide bonds. The third-order valence-corrected chi connectivity index (χ3v) is 7.89. The molecule has 2 aromatic heterocycles. The minimum atomic E-state index is -0.441. The second-order valence-electron chi connectivity index (χ2n) is 10.4. The number of piperidine rings is 1. The number of aromatic nitrogens is 3. The van der Waals surface area contributed by atoms with Crippen LogP contribution in [0.1, 0.15) is 41.7 Å². The Kier molecular flexibility index (Phi) is 6.96. The predicted octanol–water partition coefficient (Wildman–Crippen LogP) is 5.58. The first-order valence-electron chi connectivity index (χ1n) is 13.8. The first kappa shape index (κ1) is 26.2. The van der Waals surface area contributed by atoms with E-state index >= 15 is 0 Å². The molecule has 0 bridgehead atoms. The number of non-ortho nitro benzene ring substituents is 1. The molecular formula is C31H30N6O4. The van der Waals surface area contributed by atoms with Gasteiger partial charge in [0, 0.05) is 54.4 Å². The molecule has 41 heavy (non-hydrogen) atoms. The van der Waals surface area contributed by atoms with Crippen molar-refractivity contribution in [2.75, 3.05) is 18.4 Å². The van der Waals surface area contributed by atoms with Crippen LogP contribution >= 0.6 is 0 Å². The molecule has 3 aromatic carbocycles. The van der Waals surface area contributed by atoms with Crippen molar-refractivity contribution in [2.24, 2.45) is 0 Å². The van der Waals surface area contributed by atoms with Crippen molar-refractivity contribution in [2.45, 2.75) is 38.8 Å². The van der Waals surface area contributed by atoms with Crippen molar-refractivity contribution >= 4 is 45.0 Å². The zero-order valence-corrected chi connectivity index (χ0v) is 22.7. The Morgan fingerprint density at radius 1 is 1.00 bits per heavy atom. The van der Waals surface area contributed by atoms with Gasteiger partial charge in [-0.15, -0.1) is 0 Å². The van der Waals surface area contributed by atoms with Gasteiger partial charge >= 0.3 is 0 Å². The van der Waals surface area contributed by atoms with Crippen molar-refractivity contribution in [3.05, 3.63) is 100 Å². The van der Waals surface area contributed by atoms with E-state index in [4.69, 9.17) is 0 Å². The third kappa shape index (κ3) is 5.16. The third-order valence-electron chi connectivity index (χ3n) is 7.89. The van der Waals surface area contributed by atoms with Gasteiger partial charge < -0.3 is 14.8 Å². The zero-order chi connectivity index (χ0) is 28.5. The highest BCUT2D eigenvalue weighted by molar-refractivity contribution is 6.05. The number of nitrogens with one attached hydrogen (secondary N) is 1. The topological polar surface area (TPSA) is 115 Å². The number of nitro groups is 1. The number of likely N-dealkylation sites (tertiary alicyclic amines) is 1. The summed E-state index contributed by atoms with van der Waals surface area (Å²) in [7, 11) is 0. The zero-order valence-electron chi connectivity index (χ0n) is 22.7. The first-order valence-corrected chi connectivity index (χ1v) is 13.8. The highest BCUT2D eigenvalue weighted by atomic mass is 16.6. The number of nitrogens with zero attached hydrogens (tertiary/aromatic N) is 5. The molecule has 0 atom stereocenters. The molecule has 10 heteroatoms. The predicted molar refractivity (Wildman–Crippen MR) is 157 cm³/mol. The Bertz CT molecular complexity index is 1760. The number of anilines is 1. The Morgan fingerprint density at radius 2 is 1.76 bits per heavy atom. The summed E-state index contributed by atoms with van der Waals surface area (Å²) in [6.07, 6.45) is 3.47. The maximum absolute atomic E-state index is 13.3. The number of carbonyl (C=O) groups excluding carboxylic acids is 2. The number of para-hydroxylation sites is 1. The molecule has 0 aliphatic carbocycles. The summed E-state index contributed by atoms with van der Waals surface area (Å²) in [5.74, 6) is 0.0948. The van der Waals surface area contributed by atoms with Crippen LogP contribution in [0.5, 0.6) is 0 Å².